The third-order valence-corrected chi connectivity index (χ3v) is 3.06. The van der Waals surface area contributed by atoms with Gasteiger partial charge >= 0.3 is 6.18 Å². The Balaban J connectivity index is 0.00000289. The molecule has 1 rings (SSSR count). The molecule has 110 valence electrons. The first-order chi connectivity index (χ1) is 7.90. The van der Waals surface area contributed by atoms with Crippen LogP contribution >= 0.6 is 12.4 Å². The topological polar surface area (TPSA) is 38.5 Å². The van der Waals surface area contributed by atoms with E-state index < -0.39 is 12.8 Å². The van der Waals surface area contributed by atoms with Crippen LogP contribution in [0.15, 0.2) is 0 Å². The van der Waals surface area contributed by atoms with Crippen molar-refractivity contribution in [2.75, 3.05) is 26.3 Å². The Hall–Kier alpha value is -0.0400. The van der Waals surface area contributed by atoms with Crippen molar-refractivity contribution in [3.63, 3.8) is 0 Å². The van der Waals surface area contributed by atoms with Crippen LogP contribution in [0.2, 0.25) is 0 Å². The number of alkyl halides is 3. The second kappa shape index (κ2) is 8.19. The number of nitrogens with zero attached hydrogens (tertiary/aromatic N) is 1. The van der Waals surface area contributed by atoms with Crippen LogP contribution in [0.5, 0.6) is 0 Å². The summed E-state index contributed by atoms with van der Waals surface area (Å²) in [6, 6.07) is 0.330. The molecule has 2 N–H and O–H groups in total. The third kappa shape index (κ3) is 6.78. The summed E-state index contributed by atoms with van der Waals surface area (Å²) < 4.78 is 40.2. The van der Waals surface area contributed by atoms with Gasteiger partial charge in [0, 0.05) is 18.6 Å². The largest absolute Gasteiger partial charge is 0.411 e. The van der Waals surface area contributed by atoms with Gasteiger partial charge in [0.05, 0.1) is 6.61 Å². The summed E-state index contributed by atoms with van der Waals surface area (Å²) >= 11 is 0. The molecule has 1 saturated heterocycles. The van der Waals surface area contributed by atoms with Gasteiger partial charge in [-0.2, -0.15) is 13.2 Å². The normalized spacial score (nSPS) is 23.5. The summed E-state index contributed by atoms with van der Waals surface area (Å²) in [6.07, 6.45) is -0.978. The molecule has 0 aromatic rings. The molecular formula is C11H22ClF3N2O. The first-order valence-electron chi connectivity index (χ1n) is 6.04. The molecule has 0 aliphatic carbocycles. The van der Waals surface area contributed by atoms with Gasteiger partial charge in [-0.05, 0) is 26.3 Å². The van der Waals surface area contributed by atoms with E-state index in [0.717, 1.165) is 25.8 Å². The Morgan fingerprint density at radius 1 is 1.39 bits per heavy atom. The number of rotatable bonds is 5. The van der Waals surface area contributed by atoms with E-state index in [1.165, 1.54) is 0 Å². The fourth-order valence-electron chi connectivity index (χ4n) is 2.26. The summed E-state index contributed by atoms with van der Waals surface area (Å²) in [5.41, 5.74) is 5.87. The molecule has 1 aliphatic rings. The Morgan fingerprint density at radius 2 is 2.06 bits per heavy atom. The highest BCUT2D eigenvalue weighted by molar-refractivity contribution is 5.85. The molecule has 1 aliphatic heterocycles. The van der Waals surface area contributed by atoms with Crippen LogP contribution in [0.3, 0.4) is 0 Å². The highest BCUT2D eigenvalue weighted by atomic mass is 35.5. The van der Waals surface area contributed by atoms with Gasteiger partial charge in [-0.3, -0.25) is 4.90 Å². The lowest BCUT2D eigenvalue weighted by atomic mass is 9.97. The number of nitrogens with two attached hydrogens (primary N) is 1. The van der Waals surface area contributed by atoms with Crippen LogP contribution in [-0.4, -0.2) is 49.5 Å². The van der Waals surface area contributed by atoms with Crippen LogP contribution in [0, 0.1) is 0 Å². The standard InChI is InChI=1S/C11H21F3N2O.ClH/c1-9(15)10-4-2-3-5-16(10)6-7-17-8-11(12,13)14;/h9-10H,2-8,15H2,1H3;1H. The predicted octanol–water partition coefficient (Wildman–Crippen LogP) is 2.19. The van der Waals surface area contributed by atoms with Gasteiger partial charge < -0.3 is 10.5 Å². The molecule has 7 heteroatoms. The second-order valence-electron chi connectivity index (χ2n) is 4.63. The van der Waals surface area contributed by atoms with Gasteiger partial charge in [0.1, 0.15) is 6.61 Å². The van der Waals surface area contributed by atoms with Crippen LogP contribution in [0.25, 0.3) is 0 Å². The van der Waals surface area contributed by atoms with Crippen molar-refractivity contribution in [1.82, 2.24) is 4.90 Å². The molecule has 0 bridgehead atoms. The highest BCUT2D eigenvalue weighted by Gasteiger charge is 2.28. The average molecular weight is 291 g/mol. The first kappa shape index (κ1) is 18.0. The number of halogens is 4. The number of ether oxygens (including phenoxy) is 1. The molecule has 0 radical (unpaired) electrons. The maximum Gasteiger partial charge on any atom is 0.411 e. The van der Waals surface area contributed by atoms with Gasteiger partial charge in [0.15, 0.2) is 0 Å². The summed E-state index contributed by atoms with van der Waals surface area (Å²) in [6.45, 7) is 2.33. The van der Waals surface area contributed by atoms with Gasteiger partial charge in [0.25, 0.3) is 0 Å². The van der Waals surface area contributed by atoms with Gasteiger partial charge in [0.2, 0.25) is 0 Å². The number of piperidine rings is 1. The van der Waals surface area contributed by atoms with E-state index in [2.05, 4.69) is 9.64 Å². The van der Waals surface area contributed by atoms with Gasteiger partial charge in [-0.1, -0.05) is 6.42 Å². The minimum Gasteiger partial charge on any atom is -0.371 e. The molecule has 0 saturated carbocycles. The molecule has 1 heterocycles. The van der Waals surface area contributed by atoms with E-state index in [1.54, 1.807) is 0 Å². The van der Waals surface area contributed by atoms with Crippen molar-refractivity contribution in [3.8, 4) is 0 Å². The Labute approximate surface area is 112 Å². The quantitative estimate of drug-likeness (QED) is 0.789. The van der Waals surface area contributed by atoms with Crippen molar-refractivity contribution in [2.45, 2.75) is 44.4 Å². The van der Waals surface area contributed by atoms with Gasteiger partial charge in [-0.25, -0.2) is 0 Å². The predicted molar refractivity (Wildman–Crippen MR) is 67.0 cm³/mol. The third-order valence-electron chi connectivity index (χ3n) is 3.06. The average Bonchev–Trinajstić information content (AvgIpc) is 2.23. The fraction of sp³-hybridized carbons (Fsp3) is 1.00. The van der Waals surface area contributed by atoms with Crippen LogP contribution < -0.4 is 5.73 Å². The zero-order valence-electron chi connectivity index (χ0n) is 10.6. The van der Waals surface area contributed by atoms with E-state index in [4.69, 9.17) is 5.73 Å². The Kier molecular flexibility index (Phi) is 8.18. The number of hydrogen-bond donors (Lipinski definition) is 1. The van der Waals surface area contributed by atoms with E-state index in [1.807, 2.05) is 6.92 Å². The monoisotopic (exact) mass is 290 g/mol. The number of hydrogen-bond acceptors (Lipinski definition) is 3. The zero-order chi connectivity index (χ0) is 12.9. The molecule has 0 amide bonds. The molecular weight excluding hydrogens is 269 g/mol. The maximum atomic E-state index is 11.9. The molecule has 0 aromatic carbocycles. The maximum absolute atomic E-state index is 11.9. The fourth-order valence-corrected chi connectivity index (χ4v) is 2.26. The molecule has 0 spiro atoms. The summed E-state index contributed by atoms with van der Waals surface area (Å²) in [4.78, 5) is 2.14. The molecule has 2 unspecified atom stereocenters. The van der Waals surface area contributed by atoms with Gasteiger partial charge in [-0.15, -0.1) is 12.4 Å². The summed E-state index contributed by atoms with van der Waals surface area (Å²) in [5.74, 6) is 0. The lowest BCUT2D eigenvalue weighted by Crippen LogP contribution is -2.50. The van der Waals surface area contributed by atoms with Crippen molar-refractivity contribution in [1.29, 1.82) is 0 Å². The van der Waals surface area contributed by atoms with Crippen molar-refractivity contribution in [2.24, 2.45) is 5.73 Å². The smallest absolute Gasteiger partial charge is 0.371 e. The van der Waals surface area contributed by atoms with E-state index in [9.17, 15) is 13.2 Å². The second-order valence-corrected chi connectivity index (χ2v) is 4.63. The molecule has 0 aromatic heterocycles. The van der Waals surface area contributed by atoms with Crippen LogP contribution in [0.1, 0.15) is 26.2 Å². The first-order valence-corrected chi connectivity index (χ1v) is 6.04. The summed E-state index contributed by atoms with van der Waals surface area (Å²) in [5, 5.41) is 0. The lowest BCUT2D eigenvalue weighted by molar-refractivity contribution is -0.175. The molecule has 18 heavy (non-hydrogen) atoms. The van der Waals surface area contributed by atoms with E-state index in [0.29, 0.717) is 6.54 Å². The Bertz CT molecular complexity index is 227. The molecule has 2 atom stereocenters. The number of likely N-dealkylation sites (tertiary alicyclic amines) is 1. The zero-order valence-corrected chi connectivity index (χ0v) is 11.4. The molecule has 1 fully saturated rings. The van der Waals surface area contributed by atoms with Crippen molar-refractivity contribution < 1.29 is 17.9 Å². The minimum atomic E-state index is -4.23. The molecule has 3 nitrogen and oxygen atoms in total. The van der Waals surface area contributed by atoms with E-state index >= 15 is 0 Å². The van der Waals surface area contributed by atoms with Crippen LogP contribution in [-0.2, 0) is 4.74 Å². The Morgan fingerprint density at radius 3 is 2.61 bits per heavy atom. The summed E-state index contributed by atoms with van der Waals surface area (Å²) in [7, 11) is 0. The highest BCUT2D eigenvalue weighted by Crippen LogP contribution is 2.19. The van der Waals surface area contributed by atoms with Crippen molar-refractivity contribution >= 4 is 12.4 Å². The van der Waals surface area contributed by atoms with Crippen molar-refractivity contribution in [3.05, 3.63) is 0 Å². The minimum absolute atomic E-state index is 0. The van der Waals surface area contributed by atoms with Crippen LogP contribution in [0.4, 0.5) is 13.2 Å². The lowest BCUT2D eigenvalue weighted by Gasteiger charge is -2.37. The van der Waals surface area contributed by atoms with E-state index in [-0.39, 0.29) is 31.1 Å². The SMILES string of the molecule is CC(N)C1CCCCN1CCOCC(F)(F)F.Cl.